The number of fused-ring (bicyclic) bond motifs is 12. The molecule has 9 aromatic rings. The van der Waals surface area contributed by atoms with Crippen molar-refractivity contribution in [2.45, 2.75) is 29.1 Å². The van der Waals surface area contributed by atoms with Crippen LogP contribution < -0.4 is 0 Å². The summed E-state index contributed by atoms with van der Waals surface area (Å²) in [7, 11) is -4.14. The van der Waals surface area contributed by atoms with Crippen LogP contribution >= 0.6 is 0 Å². The molecule has 2 aliphatic rings. The van der Waals surface area contributed by atoms with Gasteiger partial charge < -0.3 is 0 Å². The van der Waals surface area contributed by atoms with Crippen molar-refractivity contribution in [1.82, 2.24) is 9.97 Å². The Hall–Kier alpha value is -7.21. The van der Waals surface area contributed by atoms with Gasteiger partial charge in [-0.05, 0) is 86.0 Å². The van der Waals surface area contributed by atoms with Gasteiger partial charge in [0.25, 0.3) is 0 Å². The molecule has 0 fully saturated rings. The fourth-order valence-corrected chi connectivity index (χ4v) is 11.0. The van der Waals surface area contributed by atoms with E-state index in [1.165, 1.54) is 5.56 Å². The lowest BCUT2D eigenvalue weighted by Gasteiger charge is -2.24. The van der Waals surface area contributed by atoms with Crippen LogP contribution in [0.15, 0.2) is 204 Å². The zero-order valence-electron chi connectivity index (χ0n) is 33.1. The molecular weight excluding hydrogens is 753 g/mol. The second-order valence-corrected chi connectivity index (χ2v) is 18.0. The lowest BCUT2D eigenvalue weighted by Crippen LogP contribution is -2.16. The molecule has 0 amide bonds. The first-order valence-corrected chi connectivity index (χ1v) is 21.7. The van der Waals surface area contributed by atoms with Gasteiger partial charge in [0.15, 0.2) is 5.82 Å². The van der Waals surface area contributed by atoms with Crippen LogP contribution in [-0.4, -0.2) is 18.4 Å². The van der Waals surface area contributed by atoms with Crippen LogP contribution in [0.5, 0.6) is 0 Å². The van der Waals surface area contributed by atoms with E-state index in [-0.39, 0.29) is 9.79 Å². The van der Waals surface area contributed by atoms with Gasteiger partial charge in [-0.2, -0.15) is 0 Å². The Bertz CT molecular complexity index is 3240. The number of benzene rings is 8. The largest absolute Gasteiger partial charge is 0.228 e. The molecular formula is C55H38N2O2S. The number of hydrogen-bond acceptors (Lipinski definition) is 4. The van der Waals surface area contributed by atoms with Gasteiger partial charge in [0.2, 0.25) is 9.84 Å². The van der Waals surface area contributed by atoms with E-state index in [0.29, 0.717) is 17.0 Å². The molecule has 1 aliphatic heterocycles. The Balaban J connectivity index is 1.27. The molecule has 8 aromatic carbocycles. The molecule has 11 rings (SSSR count). The number of hydrogen-bond donors (Lipinski definition) is 0. The average Bonchev–Trinajstić information content (AvgIpc) is 3.53. The van der Waals surface area contributed by atoms with Crippen molar-refractivity contribution in [2.24, 2.45) is 0 Å². The fourth-order valence-electron chi connectivity index (χ4n) is 9.34. The van der Waals surface area contributed by atoms with Crippen LogP contribution in [0.4, 0.5) is 0 Å². The monoisotopic (exact) mass is 790 g/mol. The molecule has 60 heavy (non-hydrogen) atoms. The highest BCUT2D eigenvalue weighted by Gasteiger charge is 2.39. The first-order valence-electron chi connectivity index (χ1n) is 20.2. The van der Waals surface area contributed by atoms with Gasteiger partial charge in [-0.15, -0.1) is 0 Å². The molecule has 0 N–H and O–H groups in total. The van der Waals surface area contributed by atoms with Gasteiger partial charge in [-0.3, -0.25) is 0 Å². The number of aromatic nitrogens is 2. The minimum absolute atomic E-state index is 0.278. The summed E-state index contributed by atoms with van der Waals surface area (Å²) in [6.07, 6.45) is 0. The maximum Gasteiger partial charge on any atom is 0.207 e. The summed E-state index contributed by atoms with van der Waals surface area (Å²) >= 11 is 0. The van der Waals surface area contributed by atoms with Crippen molar-refractivity contribution in [1.29, 1.82) is 0 Å². The van der Waals surface area contributed by atoms with Crippen LogP contribution in [0.3, 0.4) is 0 Å². The Kier molecular flexibility index (Phi) is 8.19. The van der Waals surface area contributed by atoms with E-state index in [0.717, 1.165) is 78.1 Å². The molecule has 4 nitrogen and oxygen atoms in total. The minimum Gasteiger partial charge on any atom is -0.228 e. The summed E-state index contributed by atoms with van der Waals surface area (Å²) in [6.45, 7) is 4.39. The van der Waals surface area contributed by atoms with E-state index in [1.54, 1.807) is 6.07 Å². The Morgan fingerprint density at radius 2 is 0.850 bits per heavy atom. The minimum atomic E-state index is -4.14. The third kappa shape index (κ3) is 5.61. The van der Waals surface area contributed by atoms with Crippen LogP contribution in [0.1, 0.15) is 25.0 Å². The average molecular weight is 791 g/mol. The molecule has 0 saturated heterocycles. The van der Waals surface area contributed by atoms with Crippen molar-refractivity contribution >= 4 is 9.84 Å². The summed E-state index contributed by atoms with van der Waals surface area (Å²) in [5.41, 5.74) is 15.1. The smallest absolute Gasteiger partial charge is 0.207 e. The second kappa shape index (κ2) is 13.7. The summed E-state index contributed by atoms with van der Waals surface area (Å²) in [6, 6.07) is 65.2. The third-order valence-electron chi connectivity index (χ3n) is 12.3. The molecule has 286 valence electrons. The van der Waals surface area contributed by atoms with E-state index in [4.69, 9.17) is 9.97 Å². The lowest BCUT2D eigenvalue weighted by atomic mass is 9.81. The number of rotatable bonds is 3. The lowest BCUT2D eigenvalue weighted by molar-refractivity contribution is 0.596. The van der Waals surface area contributed by atoms with E-state index < -0.39 is 15.3 Å². The topological polar surface area (TPSA) is 59.9 Å². The summed E-state index contributed by atoms with van der Waals surface area (Å²) < 4.78 is 31.5. The molecule has 0 radical (unpaired) electrons. The maximum atomic E-state index is 15.8. The highest BCUT2D eigenvalue weighted by atomic mass is 32.2. The quantitative estimate of drug-likeness (QED) is 0.179. The van der Waals surface area contributed by atoms with Crippen molar-refractivity contribution in [2.75, 3.05) is 0 Å². The standard InChI is InChI=1S/C55H38N2O2S/c1-55(2)48-27-15-13-25-43(48)46-32-47-45-31-37(51-34-50(35-17-5-3-6-18-35)56-54(57-51)36-19-7-4-8-20-36)29-30-42(45)40-23-10-9-21-38(40)39-22-11-12-24-41(39)44-26-14-16-28-52(44)60(58,59)53(47)33-49(46)55/h3-34H,1-2H3. The van der Waals surface area contributed by atoms with Crippen LogP contribution in [0.25, 0.3) is 89.5 Å². The number of nitrogens with zero attached hydrogens (tertiary/aromatic N) is 2. The SMILES string of the molecule is CC1(C)c2ccccc2-c2cc3c(cc21)S(=O)(=O)c1ccccc1-c1ccccc1-c1ccccc1-c1ccc(-c2cc(-c4ccccc4)nc(-c4ccccc4)n2)cc1-3. The summed E-state index contributed by atoms with van der Waals surface area (Å²) in [5.74, 6) is 0.613. The van der Waals surface area contributed by atoms with E-state index in [1.807, 2.05) is 97.1 Å². The normalized spacial score (nSPS) is 13.9. The molecule has 1 aliphatic carbocycles. The van der Waals surface area contributed by atoms with Crippen LogP contribution in [-0.2, 0) is 15.3 Å². The highest BCUT2D eigenvalue weighted by Crippen LogP contribution is 2.54. The molecule has 1 aromatic heterocycles. The highest BCUT2D eigenvalue weighted by molar-refractivity contribution is 7.91. The Labute approximate surface area is 350 Å². The zero-order valence-corrected chi connectivity index (χ0v) is 33.9. The van der Waals surface area contributed by atoms with Gasteiger partial charge in [0.1, 0.15) is 0 Å². The molecule has 2 heterocycles. The van der Waals surface area contributed by atoms with Gasteiger partial charge in [-0.1, -0.05) is 178 Å². The first kappa shape index (κ1) is 35.9. The zero-order chi connectivity index (χ0) is 40.6. The molecule has 0 unspecified atom stereocenters. The summed E-state index contributed by atoms with van der Waals surface area (Å²) in [5, 5.41) is 0. The molecule has 0 spiro atoms. The molecule has 0 bridgehead atoms. The van der Waals surface area contributed by atoms with Crippen LogP contribution in [0.2, 0.25) is 0 Å². The maximum absolute atomic E-state index is 15.8. The third-order valence-corrected chi connectivity index (χ3v) is 14.2. The Morgan fingerprint density at radius 1 is 0.350 bits per heavy atom. The van der Waals surface area contributed by atoms with Gasteiger partial charge in [-0.25, -0.2) is 18.4 Å². The molecule has 0 saturated carbocycles. The van der Waals surface area contributed by atoms with Gasteiger partial charge in [0.05, 0.1) is 21.2 Å². The van der Waals surface area contributed by atoms with Crippen molar-refractivity contribution in [3.63, 3.8) is 0 Å². The number of sulfone groups is 1. The predicted molar refractivity (Wildman–Crippen MR) is 243 cm³/mol. The van der Waals surface area contributed by atoms with Crippen molar-refractivity contribution in [3.8, 4) is 89.5 Å². The van der Waals surface area contributed by atoms with E-state index in [2.05, 4.69) is 105 Å². The fraction of sp³-hybridized carbons (Fsp3) is 0.0545. The van der Waals surface area contributed by atoms with Crippen LogP contribution in [0, 0.1) is 0 Å². The van der Waals surface area contributed by atoms with Crippen molar-refractivity contribution < 1.29 is 8.42 Å². The van der Waals surface area contributed by atoms with Gasteiger partial charge in [0, 0.05) is 33.2 Å². The Morgan fingerprint density at radius 3 is 1.50 bits per heavy atom. The van der Waals surface area contributed by atoms with Crippen molar-refractivity contribution in [3.05, 3.63) is 205 Å². The molecule has 0 atom stereocenters. The van der Waals surface area contributed by atoms with Gasteiger partial charge >= 0.3 is 0 Å². The second-order valence-electron chi connectivity index (χ2n) is 16.1. The summed E-state index contributed by atoms with van der Waals surface area (Å²) in [4.78, 5) is 10.8. The van der Waals surface area contributed by atoms with E-state index >= 15 is 8.42 Å². The predicted octanol–water partition coefficient (Wildman–Crippen LogP) is 13.6. The first-order chi connectivity index (χ1) is 29.3. The molecule has 5 heteroatoms. The van der Waals surface area contributed by atoms with E-state index in [9.17, 15) is 0 Å².